The van der Waals surface area contributed by atoms with Crippen LogP contribution >= 0.6 is 0 Å². The number of benzene rings is 1. The summed E-state index contributed by atoms with van der Waals surface area (Å²) in [6.45, 7) is 0.727. The van der Waals surface area contributed by atoms with E-state index in [4.69, 9.17) is 10.2 Å². The van der Waals surface area contributed by atoms with Crippen LogP contribution in [0, 0.1) is 0 Å². The van der Waals surface area contributed by atoms with E-state index in [0.717, 1.165) is 23.5 Å². The molecule has 0 fully saturated rings. The predicted octanol–water partition coefficient (Wildman–Crippen LogP) is 2.47. The molecule has 0 aliphatic heterocycles. The summed E-state index contributed by atoms with van der Waals surface area (Å²) in [4.78, 5) is 0. The highest BCUT2D eigenvalue weighted by molar-refractivity contribution is 5.65. The molecule has 3 nitrogen and oxygen atoms in total. The Balaban J connectivity index is 2.02. The van der Waals surface area contributed by atoms with Crippen LogP contribution < -0.4 is 11.1 Å². The van der Waals surface area contributed by atoms with Crippen LogP contribution in [0.1, 0.15) is 5.56 Å². The number of para-hydroxylation sites is 2. The third kappa shape index (κ3) is 1.88. The smallest absolute Gasteiger partial charge is 0.0952 e. The first-order valence-corrected chi connectivity index (χ1v) is 4.46. The van der Waals surface area contributed by atoms with E-state index in [0.29, 0.717) is 0 Å². The number of hydrogen-bond donors (Lipinski definition) is 2. The standard InChI is InChI=1S/C11H12N2O/c12-10-3-1-2-4-11(10)13-7-9-5-6-14-8-9/h1-6,8,13H,7,12H2. The van der Waals surface area contributed by atoms with Crippen LogP contribution in [0.4, 0.5) is 11.4 Å². The zero-order valence-corrected chi connectivity index (χ0v) is 7.73. The van der Waals surface area contributed by atoms with Gasteiger partial charge in [0.25, 0.3) is 0 Å². The van der Waals surface area contributed by atoms with Gasteiger partial charge in [-0.2, -0.15) is 0 Å². The Morgan fingerprint density at radius 1 is 1.21 bits per heavy atom. The lowest BCUT2D eigenvalue weighted by Crippen LogP contribution is -2.00. The topological polar surface area (TPSA) is 51.2 Å². The summed E-state index contributed by atoms with van der Waals surface area (Å²) in [5.41, 5.74) is 8.59. The molecule has 1 heterocycles. The van der Waals surface area contributed by atoms with E-state index in [2.05, 4.69) is 5.32 Å². The summed E-state index contributed by atoms with van der Waals surface area (Å²) in [5.74, 6) is 0. The van der Waals surface area contributed by atoms with Gasteiger partial charge in [0.15, 0.2) is 0 Å². The van der Waals surface area contributed by atoms with E-state index in [-0.39, 0.29) is 0 Å². The fraction of sp³-hybridized carbons (Fsp3) is 0.0909. The summed E-state index contributed by atoms with van der Waals surface area (Å²) in [6, 6.07) is 9.62. The van der Waals surface area contributed by atoms with Crippen LogP contribution in [-0.4, -0.2) is 0 Å². The van der Waals surface area contributed by atoms with Crippen molar-refractivity contribution in [2.24, 2.45) is 0 Å². The molecular weight excluding hydrogens is 176 g/mol. The third-order valence-corrected chi connectivity index (χ3v) is 2.02. The minimum atomic E-state index is 0.727. The van der Waals surface area contributed by atoms with Gasteiger partial charge in [-0.25, -0.2) is 0 Å². The summed E-state index contributed by atoms with van der Waals surface area (Å²) >= 11 is 0. The highest BCUT2D eigenvalue weighted by Crippen LogP contribution is 2.17. The first-order chi connectivity index (χ1) is 6.86. The first-order valence-electron chi connectivity index (χ1n) is 4.46. The highest BCUT2D eigenvalue weighted by atomic mass is 16.3. The molecular formula is C11H12N2O. The Labute approximate surface area is 82.5 Å². The maximum atomic E-state index is 5.77. The van der Waals surface area contributed by atoms with Gasteiger partial charge in [-0.1, -0.05) is 12.1 Å². The monoisotopic (exact) mass is 188 g/mol. The van der Waals surface area contributed by atoms with Crippen molar-refractivity contribution in [3.05, 3.63) is 48.4 Å². The van der Waals surface area contributed by atoms with Crippen molar-refractivity contribution < 1.29 is 4.42 Å². The van der Waals surface area contributed by atoms with Crippen LogP contribution in [0.25, 0.3) is 0 Å². The molecule has 0 spiro atoms. The van der Waals surface area contributed by atoms with Crippen LogP contribution in [0.15, 0.2) is 47.3 Å². The van der Waals surface area contributed by atoms with Crippen molar-refractivity contribution in [2.45, 2.75) is 6.54 Å². The Morgan fingerprint density at radius 3 is 2.79 bits per heavy atom. The number of hydrogen-bond acceptors (Lipinski definition) is 3. The Morgan fingerprint density at radius 2 is 2.07 bits per heavy atom. The molecule has 0 amide bonds. The van der Waals surface area contributed by atoms with Crippen molar-refractivity contribution in [3.8, 4) is 0 Å². The molecule has 1 aromatic carbocycles. The SMILES string of the molecule is Nc1ccccc1NCc1ccoc1. The number of anilines is 2. The molecule has 1 aromatic heterocycles. The summed E-state index contributed by atoms with van der Waals surface area (Å²) in [5, 5.41) is 3.23. The van der Waals surface area contributed by atoms with E-state index in [1.165, 1.54) is 0 Å². The largest absolute Gasteiger partial charge is 0.472 e. The molecule has 2 aromatic rings. The molecule has 3 N–H and O–H groups in total. The van der Waals surface area contributed by atoms with E-state index in [1.54, 1.807) is 12.5 Å². The van der Waals surface area contributed by atoms with Crippen molar-refractivity contribution in [3.63, 3.8) is 0 Å². The third-order valence-electron chi connectivity index (χ3n) is 2.02. The van der Waals surface area contributed by atoms with Gasteiger partial charge in [0.05, 0.1) is 23.9 Å². The van der Waals surface area contributed by atoms with Gasteiger partial charge < -0.3 is 15.5 Å². The quantitative estimate of drug-likeness (QED) is 0.727. The molecule has 3 heteroatoms. The van der Waals surface area contributed by atoms with Crippen LogP contribution in [0.3, 0.4) is 0 Å². The van der Waals surface area contributed by atoms with Gasteiger partial charge in [0.2, 0.25) is 0 Å². The molecule has 0 saturated heterocycles. The van der Waals surface area contributed by atoms with Crippen molar-refractivity contribution >= 4 is 11.4 Å². The predicted molar refractivity (Wildman–Crippen MR) is 56.9 cm³/mol. The number of nitrogens with one attached hydrogen (secondary N) is 1. The molecule has 72 valence electrons. The maximum absolute atomic E-state index is 5.77. The Bertz CT molecular complexity index is 395. The highest BCUT2D eigenvalue weighted by Gasteiger charge is 1.97. The van der Waals surface area contributed by atoms with Gasteiger partial charge in [-0.3, -0.25) is 0 Å². The molecule has 0 radical (unpaired) electrons. The zero-order valence-electron chi connectivity index (χ0n) is 7.73. The van der Waals surface area contributed by atoms with Crippen molar-refractivity contribution in [2.75, 3.05) is 11.1 Å². The lowest BCUT2D eigenvalue weighted by atomic mass is 10.2. The maximum Gasteiger partial charge on any atom is 0.0952 e. The van der Waals surface area contributed by atoms with E-state index >= 15 is 0 Å². The average molecular weight is 188 g/mol. The van der Waals surface area contributed by atoms with Crippen LogP contribution in [0.5, 0.6) is 0 Å². The van der Waals surface area contributed by atoms with Crippen LogP contribution in [-0.2, 0) is 6.54 Å². The number of rotatable bonds is 3. The second kappa shape index (κ2) is 3.87. The molecule has 0 aliphatic rings. The summed E-state index contributed by atoms with van der Waals surface area (Å²) in [6.07, 6.45) is 3.37. The Hall–Kier alpha value is -1.90. The Kier molecular flexibility index (Phi) is 2.40. The van der Waals surface area contributed by atoms with Crippen molar-refractivity contribution in [1.29, 1.82) is 0 Å². The first kappa shape index (κ1) is 8.69. The molecule has 0 unspecified atom stereocenters. The van der Waals surface area contributed by atoms with Gasteiger partial charge in [-0.15, -0.1) is 0 Å². The number of furan rings is 1. The summed E-state index contributed by atoms with van der Waals surface area (Å²) < 4.78 is 4.96. The minimum absolute atomic E-state index is 0.727. The van der Waals surface area contributed by atoms with Gasteiger partial charge in [0.1, 0.15) is 0 Å². The zero-order chi connectivity index (χ0) is 9.80. The van der Waals surface area contributed by atoms with E-state index < -0.39 is 0 Å². The fourth-order valence-electron chi connectivity index (χ4n) is 1.25. The molecule has 0 aliphatic carbocycles. The normalized spacial score (nSPS) is 10.0. The second-order valence-electron chi connectivity index (χ2n) is 3.07. The number of nitrogen functional groups attached to an aromatic ring is 1. The summed E-state index contributed by atoms with van der Waals surface area (Å²) in [7, 11) is 0. The second-order valence-corrected chi connectivity index (χ2v) is 3.07. The lowest BCUT2D eigenvalue weighted by Gasteiger charge is -2.06. The van der Waals surface area contributed by atoms with Gasteiger partial charge >= 0.3 is 0 Å². The van der Waals surface area contributed by atoms with Gasteiger partial charge in [0, 0.05) is 12.1 Å². The van der Waals surface area contributed by atoms with Crippen LogP contribution in [0.2, 0.25) is 0 Å². The average Bonchev–Trinajstić information content (AvgIpc) is 2.69. The van der Waals surface area contributed by atoms with E-state index in [9.17, 15) is 0 Å². The fourth-order valence-corrected chi connectivity index (χ4v) is 1.25. The molecule has 14 heavy (non-hydrogen) atoms. The van der Waals surface area contributed by atoms with Gasteiger partial charge in [-0.05, 0) is 18.2 Å². The molecule has 0 atom stereocenters. The lowest BCUT2D eigenvalue weighted by molar-refractivity contribution is 0.564. The van der Waals surface area contributed by atoms with Crippen molar-refractivity contribution in [1.82, 2.24) is 0 Å². The minimum Gasteiger partial charge on any atom is -0.472 e. The molecule has 2 rings (SSSR count). The van der Waals surface area contributed by atoms with E-state index in [1.807, 2.05) is 30.3 Å². The molecule has 0 bridgehead atoms. The number of nitrogens with two attached hydrogens (primary N) is 1. The molecule has 0 saturated carbocycles.